The molecule has 1 aliphatic rings. The molecule has 2 aromatic rings. The van der Waals surface area contributed by atoms with Crippen LogP contribution in [0.4, 0.5) is 5.82 Å². The molecular formula is C19H25ClN4O. The summed E-state index contributed by atoms with van der Waals surface area (Å²) in [5.41, 5.74) is 1.95. The lowest BCUT2D eigenvalue weighted by atomic mass is 10.0. The van der Waals surface area contributed by atoms with Crippen molar-refractivity contribution < 1.29 is 4.79 Å². The standard InChI is InChI=1S/C19H24N4O.ClH/c1-20-11-9-16-6-2-3-7-17(16)19(24)23-14-12-22(13-15-23)18-8-4-5-10-21-18;/h2-8,10,20H,9,11-15H2,1H3;1H. The molecule has 0 unspecified atom stereocenters. The van der Waals surface area contributed by atoms with Crippen molar-refractivity contribution in [1.82, 2.24) is 15.2 Å². The number of hydrogen-bond donors (Lipinski definition) is 1. The van der Waals surface area contributed by atoms with Crippen LogP contribution >= 0.6 is 12.4 Å². The molecule has 5 nitrogen and oxygen atoms in total. The van der Waals surface area contributed by atoms with Crippen molar-refractivity contribution in [2.24, 2.45) is 0 Å². The van der Waals surface area contributed by atoms with Gasteiger partial charge in [0, 0.05) is 37.9 Å². The fraction of sp³-hybridized carbons (Fsp3) is 0.368. The van der Waals surface area contributed by atoms with E-state index in [-0.39, 0.29) is 18.3 Å². The smallest absolute Gasteiger partial charge is 0.254 e. The molecule has 0 saturated carbocycles. The number of halogens is 1. The van der Waals surface area contributed by atoms with Gasteiger partial charge in [0.1, 0.15) is 5.82 Å². The van der Waals surface area contributed by atoms with E-state index in [0.717, 1.165) is 56.1 Å². The number of piperazine rings is 1. The summed E-state index contributed by atoms with van der Waals surface area (Å²) in [6.45, 7) is 3.98. The van der Waals surface area contributed by atoms with E-state index in [1.807, 2.05) is 54.5 Å². The predicted octanol–water partition coefficient (Wildman–Crippen LogP) is 2.23. The van der Waals surface area contributed by atoms with Crippen molar-refractivity contribution in [3.8, 4) is 0 Å². The third-order valence-electron chi connectivity index (χ3n) is 4.43. The van der Waals surface area contributed by atoms with E-state index >= 15 is 0 Å². The van der Waals surface area contributed by atoms with E-state index in [9.17, 15) is 4.79 Å². The third kappa shape index (κ3) is 4.71. The van der Waals surface area contributed by atoms with Gasteiger partial charge in [-0.25, -0.2) is 4.98 Å². The number of anilines is 1. The highest BCUT2D eigenvalue weighted by molar-refractivity contribution is 5.95. The summed E-state index contributed by atoms with van der Waals surface area (Å²) >= 11 is 0. The molecule has 25 heavy (non-hydrogen) atoms. The Bertz CT molecular complexity index is 672. The molecule has 6 heteroatoms. The van der Waals surface area contributed by atoms with Gasteiger partial charge in [0.05, 0.1) is 0 Å². The molecule has 1 N–H and O–H groups in total. The number of carbonyl (C=O) groups excluding carboxylic acids is 1. The van der Waals surface area contributed by atoms with E-state index in [1.54, 1.807) is 0 Å². The fourth-order valence-electron chi connectivity index (χ4n) is 3.06. The lowest BCUT2D eigenvalue weighted by Crippen LogP contribution is -2.49. The highest BCUT2D eigenvalue weighted by Gasteiger charge is 2.23. The molecule has 1 aromatic heterocycles. The minimum atomic E-state index is 0. The molecule has 1 aliphatic heterocycles. The Morgan fingerprint density at radius 2 is 1.80 bits per heavy atom. The lowest BCUT2D eigenvalue weighted by molar-refractivity contribution is 0.0745. The first-order valence-corrected chi connectivity index (χ1v) is 8.47. The summed E-state index contributed by atoms with van der Waals surface area (Å²) in [6.07, 6.45) is 2.68. The number of likely N-dealkylation sites (N-methyl/N-ethyl adjacent to an activating group) is 1. The highest BCUT2D eigenvalue weighted by Crippen LogP contribution is 2.17. The van der Waals surface area contributed by atoms with Crippen LogP contribution in [0.1, 0.15) is 15.9 Å². The molecule has 1 saturated heterocycles. The number of hydrogen-bond acceptors (Lipinski definition) is 4. The summed E-state index contributed by atoms with van der Waals surface area (Å²) in [7, 11) is 1.93. The number of aromatic nitrogens is 1. The predicted molar refractivity (Wildman–Crippen MR) is 104 cm³/mol. The number of carbonyl (C=O) groups is 1. The Morgan fingerprint density at radius 3 is 2.48 bits per heavy atom. The van der Waals surface area contributed by atoms with Gasteiger partial charge in [0.25, 0.3) is 5.91 Å². The van der Waals surface area contributed by atoms with Gasteiger partial charge in [-0.1, -0.05) is 24.3 Å². The number of rotatable bonds is 5. The van der Waals surface area contributed by atoms with Crippen LogP contribution in [-0.4, -0.2) is 55.6 Å². The molecule has 0 spiro atoms. The van der Waals surface area contributed by atoms with Gasteiger partial charge in [-0.05, 0) is 43.8 Å². The molecule has 0 aliphatic carbocycles. The van der Waals surface area contributed by atoms with Crippen LogP contribution in [0.5, 0.6) is 0 Å². The average molecular weight is 361 g/mol. The van der Waals surface area contributed by atoms with Crippen molar-refractivity contribution in [1.29, 1.82) is 0 Å². The van der Waals surface area contributed by atoms with Gasteiger partial charge < -0.3 is 15.1 Å². The molecule has 0 bridgehead atoms. The molecule has 0 radical (unpaired) electrons. The summed E-state index contributed by atoms with van der Waals surface area (Å²) in [4.78, 5) is 21.5. The van der Waals surface area contributed by atoms with Crippen molar-refractivity contribution in [2.75, 3.05) is 44.7 Å². The number of amides is 1. The zero-order chi connectivity index (χ0) is 16.8. The number of nitrogens with zero attached hydrogens (tertiary/aromatic N) is 3. The van der Waals surface area contributed by atoms with Gasteiger partial charge in [0.2, 0.25) is 0 Å². The summed E-state index contributed by atoms with van der Waals surface area (Å²) in [6, 6.07) is 13.9. The number of pyridine rings is 1. The number of nitrogens with one attached hydrogen (secondary N) is 1. The first kappa shape index (κ1) is 19.2. The monoisotopic (exact) mass is 360 g/mol. The maximum Gasteiger partial charge on any atom is 0.254 e. The second-order valence-electron chi connectivity index (χ2n) is 5.98. The maximum absolute atomic E-state index is 12.9. The van der Waals surface area contributed by atoms with Gasteiger partial charge in [-0.2, -0.15) is 0 Å². The average Bonchev–Trinajstić information content (AvgIpc) is 2.67. The fourth-order valence-corrected chi connectivity index (χ4v) is 3.06. The molecule has 134 valence electrons. The Morgan fingerprint density at radius 1 is 1.08 bits per heavy atom. The van der Waals surface area contributed by atoms with Crippen LogP contribution in [0.2, 0.25) is 0 Å². The van der Waals surface area contributed by atoms with Crippen LogP contribution in [0.25, 0.3) is 0 Å². The summed E-state index contributed by atoms with van der Waals surface area (Å²) in [5, 5.41) is 3.15. The molecule has 1 amide bonds. The molecular weight excluding hydrogens is 336 g/mol. The van der Waals surface area contributed by atoms with E-state index in [1.165, 1.54) is 0 Å². The Hall–Kier alpha value is -2.11. The van der Waals surface area contributed by atoms with E-state index < -0.39 is 0 Å². The Labute approximate surface area is 155 Å². The summed E-state index contributed by atoms with van der Waals surface area (Å²) in [5.74, 6) is 1.13. The first-order valence-electron chi connectivity index (χ1n) is 8.47. The zero-order valence-electron chi connectivity index (χ0n) is 14.5. The minimum absolute atomic E-state index is 0. The molecule has 0 atom stereocenters. The lowest BCUT2D eigenvalue weighted by Gasteiger charge is -2.35. The van der Waals surface area contributed by atoms with Crippen LogP contribution < -0.4 is 10.2 Å². The largest absolute Gasteiger partial charge is 0.353 e. The first-order chi connectivity index (χ1) is 11.8. The van der Waals surface area contributed by atoms with Crippen molar-refractivity contribution in [2.45, 2.75) is 6.42 Å². The van der Waals surface area contributed by atoms with Crippen molar-refractivity contribution >= 4 is 24.1 Å². The molecule has 2 heterocycles. The van der Waals surface area contributed by atoms with Gasteiger partial charge in [-0.15, -0.1) is 12.4 Å². The van der Waals surface area contributed by atoms with Crippen LogP contribution in [0.15, 0.2) is 48.7 Å². The summed E-state index contributed by atoms with van der Waals surface area (Å²) < 4.78 is 0. The van der Waals surface area contributed by atoms with Crippen molar-refractivity contribution in [3.05, 3.63) is 59.8 Å². The molecule has 1 fully saturated rings. The van der Waals surface area contributed by atoms with E-state index in [2.05, 4.69) is 21.3 Å². The van der Waals surface area contributed by atoms with Crippen LogP contribution in [-0.2, 0) is 6.42 Å². The van der Waals surface area contributed by atoms with Crippen molar-refractivity contribution in [3.63, 3.8) is 0 Å². The van der Waals surface area contributed by atoms with Gasteiger partial charge in [-0.3, -0.25) is 4.79 Å². The molecule has 3 rings (SSSR count). The second kappa shape index (κ2) is 9.39. The Balaban J connectivity index is 0.00000225. The van der Waals surface area contributed by atoms with E-state index in [4.69, 9.17) is 0 Å². The quantitative estimate of drug-likeness (QED) is 0.888. The van der Waals surface area contributed by atoms with Gasteiger partial charge in [0.15, 0.2) is 0 Å². The Kier molecular flexibility index (Phi) is 7.22. The zero-order valence-corrected chi connectivity index (χ0v) is 15.3. The SMILES string of the molecule is CNCCc1ccccc1C(=O)N1CCN(c2ccccn2)CC1.Cl. The number of benzene rings is 1. The normalized spacial score (nSPS) is 14.1. The topological polar surface area (TPSA) is 48.5 Å². The minimum Gasteiger partial charge on any atom is -0.353 e. The van der Waals surface area contributed by atoms with Crippen LogP contribution in [0.3, 0.4) is 0 Å². The van der Waals surface area contributed by atoms with Gasteiger partial charge >= 0.3 is 0 Å². The van der Waals surface area contributed by atoms with E-state index in [0.29, 0.717) is 0 Å². The maximum atomic E-state index is 12.9. The molecule has 1 aromatic carbocycles. The van der Waals surface area contributed by atoms with Crippen LogP contribution in [0, 0.1) is 0 Å². The second-order valence-corrected chi connectivity index (χ2v) is 5.98. The third-order valence-corrected chi connectivity index (χ3v) is 4.43. The highest BCUT2D eigenvalue weighted by atomic mass is 35.5.